The van der Waals surface area contributed by atoms with Crippen molar-refractivity contribution in [2.24, 2.45) is 0 Å². The van der Waals surface area contributed by atoms with Crippen molar-refractivity contribution in [2.75, 3.05) is 0 Å². The van der Waals surface area contributed by atoms with Crippen molar-refractivity contribution in [2.45, 2.75) is 4.90 Å². The molecule has 0 aliphatic heterocycles. The summed E-state index contributed by atoms with van der Waals surface area (Å²) < 4.78 is 24.6. The van der Waals surface area contributed by atoms with Crippen LogP contribution in [0.3, 0.4) is 0 Å². The second kappa shape index (κ2) is 9.48. The van der Waals surface area contributed by atoms with Gasteiger partial charge >= 0.3 is 103 Å². The molecule has 0 fully saturated rings. The molecule has 0 aromatic heterocycles. The Morgan fingerprint density at radius 1 is 1.20 bits per heavy atom. The van der Waals surface area contributed by atoms with E-state index >= 15 is 0 Å². The molecular weight excluding hydrogens is 304 g/mol. The van der Waals surface area contributed by atoms with Gasteiger partial charge in [0.05, 0.1) is 4.90 Å². The normalized spacial score (nSPS) is 9.33. The molecule has 15 heavy (non-hydrogen) atoms. The molecule has 3 nitrogen and oxygen atoms in total. The fraction of sp³-hybridized carbons (Fsp3) is 0. The van der Waals surface area contributed by atoms with E-state index in [2.05, 4.69) is 29.6 Å². The summed E-state index contributed by atoms with van der Waals surface area (Å²) in [4.78, 5) is 0.155. The molecule has 1 aromatic rings. The van der Waals surface area contributed by atoms with E-state index in [-0.39, 0.29) is 112 Å². The molecule has 0 atom stereocenters. The van der Waals surface area contributed by atoms with Gasteiger partial charge in [-0.25, -0.2) is 8.42 Å². The zero-order valence-corrected chi connectivity index (χ0v) is 17.1. The maximum absolute atomic E-state index is 11.4. The van der Waals surface area contributed by atoms with Gasteiger partial charge in [0.1, 0.15) is 0 Å². The molecule has 1 aromatic carbocycles. The molecule has 0 saturated carbocycles. The average Bonchev–Trinajstić information content (AvgIpc) is 2.04. The minimum atomic E-state index is -3.55. The van der Waals surface area contributed by atoms with Gasteiger partial charge in [-0.2, -0.15) is 0 Å². The van der Waals surface area contributed by atoms with Crippen molar-refractivity contribution in [3.05, 3.63) is 30.3 Å². The van der Waals surface area contributed by atoms with Gasteiger partial charge in [0.2, 0.25) is 0 Å². The van der Waals surface area contributed by atoms with Crippen LogP contribution in [0.4, 0.5) is 0 Å². The Hall–Kier alpha value is 2.55. The van der Waals surface area contributed by atoms with Crippen molar-refractivity contribution in [3.8, 4) is 0 Å². The predicted octanol–water partition coefficient (Wildman–Crippen LogP) is -5.20. The molecule has 0 saturated heterocycles. The molecule has 0 bridgehead atoms. The second-order valence-corrected chi connectivity index (χ2v) is 4.96. The SMILES string of the molecule is O=S(=O)(NC(=S)[S-])c1ccccc1.[K+].[K+]. The standard InChI is InChI=1S/C7H7NO2S3.2K/c9-13(10,8-7(11)12)6-4-2-1-3-5-6;;/h1-5H,(H2,8,11,12);;/q;2*+1/p-1. The third-order valence-electron chi connectivity index (χ3n) is 1.27. The first-order valence-electron chi connectivity index (χ1n) is 3.31. The number of hydrogen-bond acceptors (Lipinski definition) is 4. The number of thiocarbonyl (C=S) groups is 1. The van der Waals surface area contributed by atoms with Gasteiger partial charge in [0, 0.05) is 0 Å². The molecule has 0 radical (unpaired) electrons. The molecule has 0 amide bonds. The monoisotopic (exact) mass is 310 g/mol. The zero-order chi connectivity index (χ0) is 9.90. The Bertz CT molecular complexity index is 408. The van der Waals surface area contributed by atoms with Gasteiger partial charge < -0.3 is 24.8 Å². The first-order valence-corrected chi connectivity index (χ1v) is 5.61. The zero-order valence-electron chi connectivity index (χ0n) is 8.43. The molecule has 0 aliphatic carbocycles. The van der Waals surface area contributed by atoms with Crippen LogP contribution in [0.2, 0.25) is 0 Å². The van der Waals surface area contributed by atoms with Crippen LogP contribution in [-0.4, -0.2) is 12.7 Å². The first kappa shape index (κ1) is 19.9. The summed E-state index contributed by atoms with van der Waals surface area (Å²) in [5.41, 5.74) is 0. The van der Waals surface area contributed by atoms with Gasteiger partial charge in [-0.3, -0.25) is 4.72 Å². The third kappa shape index (κ3) is 7.55. The van der Waals surface area contributed by atoms with E-state index in [1.54, 1.807) is 18.2 Å². The minimum absolute atomic E-state index is 0. The van der Waals surface area contributed by atoms with Crippen molar-refractivity contribution in [1.82, 2.24) is 4.72 Å². The fourth-order valence-corrected chi connectivity index (χ4v) is 2.28. The van der Waals surface area contributed by atoms with E-state index in [9.17, 15) is 8.42 Å². The van der Waals surface area contributed by atoms with Gasteiger partial charge in [-0.1, -0.05) is 22.5 Å². The summed E-state index contributed by atoms with van der Waals surface area (Å²) in [7, 11) is -3.55. The topological polar surface area (TPSA) is 46.2 Å². The molecular formula is C7H6K2NO2S3+. The Labute approximate surface area is 185 Å². The van der Waals surface area contributed by atoms with Crippen molar-refractivity contribution in [1.29, 1.82) is 0 Å². The summed E-state index contributed by atoms with van der Waals surface area (Å²) >= 11 is 8.94. The summed E-state index contributed by atoms with van der Waals surface area (Å²) in [6.45, 7) is 0. The molecule has 70 valence electrons. The molecule has 0 aliphatic rings. The molecule has 1 N–H and O–H groups in total. The molecule has 0 heterocycles. The summed E-state index contributed by atoms with van der Waals surface area (Å²) in [5, 5.41) is 0. The van der Waals surface area contributed by atoms with Gasteiger partial charge in [0.25, 0.3) is 10.0 Å². The fourth-order valence-electron chi connectivity index (χ4n) is 0.768. The quantitative estimate of drug-likeness (QED) is 0.337. The van der Waals surface area contributed by atoms with Crippen LogP contribution in [0.25, 0.3) is 0 Å². The van der Waals surface area contributed by atoms with Crippen molar-refractivity contribution < 1.29 is 111 Å². The minimum Gasteiger partial charge on any atom is -0.410 e. The number of sulfonamides is 1. The van der Waals surface area contributed by atoms with E-state index < -0.39 is 10.0 Å². The molecule has 0 spiro atoms. The Morgan fingerprint density at radius 3 is 2.07 bits per heavy atom. The Balaban J connectivity index is 0. The van der Waals surface area contributed by atoms with Crippen LogP contribution < -0.4 is 107 Å². The third-order valence-corrected chi connectivity index (χ3v) is 3.10. The van der Waals surface area contributed by atoms with E-state index in [0.717, 1.165) is 0 Å². The van der Waals surface area contributed by atoms with Gasteiger partial charge in [0.15, 0.2) is 0 Å². The summed E-state index contributed by atoms with van der Waals surface area (Å²) in [6, 6.07) is 7.92. The molecule has 1 rings (SSSR count). The van der Waals surface area contributed by atoms with Gasteiger partial charge in [-0.15, -0.1) is 0 Å². The maximum Gasteiger partial charge on any atom is 1.00 e. The molecule has 0 unspecified atom stereocenters. The number of benzene rings is 1. The number of nitrogens with one attached hydrogen (secondary N) is 1. The Kier molecular flexibility index (Phi) is 12.6. The van der Waals surface area contributed by atoms with E-state index in [1.807, 2.05) is 0 Å². The van der Waals surface area contributed by atoms with E-state index in [1.165, 1.54) is 12.1 Å². The van der Waals surface area contributed by atoms with Crippen LogP contribution in [0, 0.1) is 0 Å². The molecule has 8 heteroatoms. The van der Waals surface area contributed by atoms with E-state index in [4.69, 9.17) is 0 Å². The first-order chi connectivity index (χ1) is 6.02. The van der Waals surface area contributed by atoms with Gasteiger partial charge in [-0.05, 0) is 12.1 Å². The smallest absolute Gasteiger partial charge is 0.410 e. The van der Waals surface area contributed by atoms with Crippen LogP contribution in [-0.2, 0) is 22.7 Å². The van der Waals surface area contributed by atoms with Crippen LogP contribution >= 0.6 is 12.2 Å². The van der Waals surface area contributed by atoms with Crippen LogP contribution in [0.5, 0.6) is 0 Å². The Morgan fingerprint density at radius 2 is 1.67 bits per heavy atom. The van der Waals surface area contributed by atoms with E-state index in [0.29, 0.717) is 0 Å². The second-order valence-electron chi connectivity index (χ2n) is 2.21. The summed E-state index contributed by atoms with van der Waals surface area (Å²) in [5.74, 6) is 0. The average molecular weight is 311 g/mol. The largest absolute Gasteiger partial charge is 1.00 e. The van der Waals surface area contributed by atoms with Crippen LogP contribution in [0.15, 0.2) is 35.2 Å². The predicted molar refractivity (Wildman–Crippen MR) is 56.7 cm³/mol. The van der Waals surface area contributed by atoms with Crippen molar-refractivity contribution in [3.63, 3.8) is 0 Å². The number of hydrogen-bond donors (Lipinski definition) is 1. The summed E-state index contributed by atoms with van der Waals surface area (Å²) in [6.07, 6.45) is 0. The van der Waals surface area contributed by atoms with Crippen molar-refractivity contribution >= 4 is 39.2 Å². The van der Waals surface area contributed by atoms with Crippen LogP contribution in [0.1, 0.15) is 0 Å². The maximum atomic E-state index is 11.4. The number of rotatable bonds is 2.